The first kappa shape index (κ1) is 14.9. The van der Waals surface area contributed by atoms with Gasteiger partial charge in [-0.05, 0) is 24.2 Å². The normalized spacial score (nSPS) is 10.4. The molecule has 110 valence electrons. The minimum absolute atomic E-state index is 0.204. The van der Waals surface area contributed by atoms with Crippen LogP contribution < -0.4 is 16.2 Å². The number of nitrogens with zero attached hydrogens (tertiary/aromatic N) is 2. The quantitative estimate of drug-likeness (QED) is 0.864. The lowest BCUT2D eigenvalue weighted by molar-refractivity contribution is 0.102. The highest BCUT2D eigenvalue weighted by Gasteiger charge is 2.11. The molecule has 0 fully saturated rings. The molecule has 6 heteroatoms. The molecular formula is C15H18N4O2. The van der Waals surface area contributed by atoms with E-state index in [1.54, 1.807) is 0 Å². The van der Waals surface area contributed by atoms with Crippen molar-refractivity contribution in [3.8, 4) is 0 Å². The number of amides is 1. The molecule has 0 unspecified atom stereocenters. The van der Waals surface area contributed by atoms with Gasteiger partial charge in [-0.15, -0.1) is 0 Å². The van der Waals surface area contributed by atoms with Crippen LogP contribution in [0.4, 0.5) is 5.69 Å². The Balaban J connectivity index is 2.19. The second-order valence-corrected chi connectivity index (χ2v) is 4.57. The number of aryl methyl sites for hydroxylation is 1. The van der Waals surface area contributed by atoms with E-state index in [4.69, 9.17) is 0 Å². The van der Waals surface area contributed by atoms with E-state index in [0.717, 1.165) is 22.5 Å². The molecule has 2 N–H and O–H groups in total. The zero-order valence-electron chi connectivity index (χ0n) is 12.1. The highest BCUT2D eigenvalue weighted by Crippen LogP contribution is 2.15. The summed E-state index contributed by atoms with van der Waals surface area (Å²) >= 11 is 0. The van der Waals surface area contributed by atoms with Crippen molar-refractivity contribution in [2.45, 2.75) is 13.5 Å². The van der Waals surface area contributed by atoms with Crippen molar-refractivity contribution in [1.82, 2.24) is 15.1 Å². The van der Waals surface area contributed by atoms with Crippen LogP contribution in [0, 0.1) is 0 Å². The van der Waals surface area contributed by atoms with Crippen LogP contribution in [0.5, 0.6) is 0 Å². The lowest BCUT2D eigenvalue weighted by Crippen LogP contribution is -2.24. The fraction of sp³-hybridized carbons (Fsp3) is 0.267. The molecular weight excluding hydrogens is 268 g/mol. The minimum atomic E-state index is -0.338. The second-order valence-electron chi connectivity index (χ2n) is 4.57. The van der Waals surface area contributed by atoms with Crippen molar-refractivity contribution in [3.05, 3.63) is 58.0 Å². The molecule has 21 heavy (non-hydrogen) atoms. The molecule has 2 rings (SSSR count). The van der Waals surface area contributed by atoms with E-state index in [1.165, 1.54) is 19.2 Å². The zero-order chi connectivity index (χ0) is 15.2. The third kappa shape index (κ3) is 3.76. The van der Waals surface area contributed by atoms with Crippen LogP contribution in [0.15, 0.2) is 41.2 Å². The number of para-hydroxylation sites is 1. The number of aromatic nitrogens is 2. The Hall–Kier alpha value is -2.47. The van der Waals surface area contributed by atoms with E-state index >= 15 is 0 Å². The molecule has 0 radical (unpaired) electrons. The smallest absolute Gasteiger partial charge is 0.276 e. The summed E-state index contributed by atoms with van der Waals surface area (Å²) in [4.78, 5) is 23.5. The topological polar surface area (TPSA) is 76.0 Å². The van der Waals surface area contributed by atoms with E-state index in [-0.39, 0.29) is 17.2 Å². The number of rotatable bonds is 5. The third-order valence-electron chi connectivity index (χ3n) is 3.02. The molecule has 0 aliphatic carbocycles. The Labute approximate surface area is 122 Å². The van der Waals surface area contributed by atoms with Gasteiger partial charge >= 0.3 is 0 Å². The minimum Gasteiger partial charge on any atom is -0.320 e. The van der Waals surface area contributed by atoms with Gasteiger partial charge in [-0.1, -0.05) is 25.1 Å². The van der Waals surface area contributed by atoms with Crippen molar-refractivity contribution in [1.29, 1.82) is 0 Å². The highest BCUT2D eigenvalue weighted by atomic mass is 16.2. The summed E-state index contributed by atoms with van der Waals surface area (Å²) in [5.41, 5.74) is 1.69. The first-order valence-corrected chi connectivity index (χ1v) is 6.76. The van der Waals surface area contributed by atoms with Gasteiger partial charge in [0.15, 0.2) is 0 Å². The number of hydrogen-bond acceptors (Lipinski definition) is 4. The first-order valence-electron chi connectivity index (χ1n) is 6.76. The summed E-state index contributed by atoms with van der Waals surface area (Å²) < 4.78 is 1.14. The standard InChI is InChI=1S/C15H18N4O2/c1-3-16-10-11-6-4-5-7-12(11)17-15(21)13-8-9-14(20)19(2)18-13/h4-9,16H,3,10H2,1-2H3,(H,17,21). The summed E-state index contributed by atoms with van der Waals surface area (Å²) in [6.45, 7) is 3.55. The highest BCUT2D eigenvalue weighted by molar-refractivity contribution is 6.03. The molecule has 0 spiro atoms. The molecule has 0 bridgehead atoms. The summed E-state index contributed by atoms with van der Waals surface area (Å²) in [6, 6.07) is 10.3. The molecule has 1 amide bonds. The van der Waals surface area contributed by atoms with Crippen LogP contribution in [0.25, 0.3) is 0 Å². The van der Waals surface area contributed by atoms with Gasteiger partial charge in [0.2, 0.25) is 0 Å². The van der Waals surface area contributed by atoms with Gasteiger partial charge in [-0.2, -0.15) is 5.10 Å². The van der Waals surface area contributed by atoms with Crippen molar-refractivity contribution in [2.75, 3.05) is 11.9 Å². The maximum Gasteiger partial charge on any atom is 0.276 e. The van der Waals surface area contributed by atoms with Gasteiger partial charge in [0.25, 0.3) is 11.5 Å². The maximum atomic E-state index is 12.2. The molecule has 1 aromatic carbocycles. The maximum absolute atomic E-state index is 12.2. The lowest BCUT2D eigenvalue weighted by Gasteiger charge is -2.11. The monoisotopic (exact) mass is 286 g/mol. The van der Waals surface area contributed by atoms with Crippen LogP contribution in [0.1, 0.15) is 23.0 Å². The van der Waals surface area contributed by atoms with E-state index < -0.39 is 0 Å². The SMILES string of the molecule is CCNCc1ccccc1NC(=O)c1ccc(=O)n(C)n1. The van der Waals surface area contributed by atoms with Crippen molar-refractivity contribution in [2.24, 2.45) is 7.05 Å². The Bertz CT molecular complexity index is 694. The molecule has 0 atom stereocenters. The summed E-state index contributed by atoms with van der Waals surface area (Å²) in [5, 5.41) is 9.98. The molecule has 6 nitrogen and oxygen atoms in total. The van der Waals surface area contributed by atoms with Crippen molar-refractivity contribution in [3.63, 3.8) is 0 Å². The molecule has 0 saturated heterocycles. The van der Waals surface area contributed by atoms with Gasteiger partial charge in [0, 0.05) is 25.3 Å². The summed E-state index contributed by atoms with van der Waals surface area (Å²) in [7, 11) is 1.51. The number of anilines is 1. The van der Waals surface area contributed by atoms with Crippen molar-refractivity contribution >= 4 is 11.6 Å². The largest absolute Gasteiger partial charge is 0.320 e. The predicted octanol–water partition coefficient (Wildman–Crippen LogP) is 1.14. The Morgan fingerprint density at radius 2 is 2.00 bits per heavy atom. The van der Waals surface area contributed by atoms with Crippen LogP contribution in [-0.4, -0.2) is 22.2 Å². The van der Waals surface area contributed by atoms with Gasteiger partial charge in [-0.25, -0.2) is 4.68 Å². The molecule has 1 heterocycles. The van der Waals surface area contributed by atoms with Gasteiger partial charge in [0.1, 0.15) is 5.69 Å². The van der Waals surface area contributed by atoms with E-state index in [0.29, 0.717) is 6.54 Å². The fourth-order valence-electron chi connectivity index (χ4n) is 1.87. The average Bonchev–Trinajstić information content (AvgIpc) is 2.49. The number of hydrogen-bond donors (Lipinski definition) is 2. The first-order chi connectivity index (χ1) is 10.1. The average molecular weight is 286 g/mol. The summed E-state index contributed by atoms with van der Waals surface area (Å²) in [5.74, 6) is -0.338. The van der Waals surface area contributed by atoms with E-state index in [9.17, 15) is 9.59 Å². The number of carbonyl (C=O) groups excluding carboxylic acids is 1. The van der Waals surface area contributed by atoms with Crippen LogP contribution in [0.3, 0.4) is 0 Å². The summed E-state index contributed by atoms with van der Waals surface area (Å²) in [6.07, 6.45) is 0. The van der Waals surface area contributed by atoms with Gasteiger partial charge in [0.05, 0.1) is 0 Å². The van der Waals surface area contributed by atoms with E-state index in [1.807, 2.05) is 31.2 Å². The molecule has 2 aromatic rings. The van der Waals surface area contributed by atoms with Gasteiger partial charge < -0.3 is 10.6 Å². The van der Waals surface area contributed by atoms with Crippen LogP contribution in [-0.2, 0) is 13.6 Å². The number of benzene rings is 1. The molecule has 1 aromatic heterocycles. The third-order valence-corrected chi connectivity index (χ3v) is 3.02. The van der Waals surface area contributed by atoms with Crippen LogP contribution >= 0.6 is 0 Å². The van der Waals surface area contributed by atoms with Crippen molar-refractivity contribution < 1.29 is 4.79 Å². The molecule has 0 aliphatic heterocycles. The second kappa shape index (κ2) is 6.81. The number of nitrogens with one attached hydrogen (secondary N) is 2. The fourth-order valence-corrected chi connectivity index (χ4v) is 1.87. The molecule has 0 aliphatic rings. The Kier molecular flexibility index (Phi) is 4.84. The lowest BCUT2D eigenvalue weighted by atomic mass is 10.1. The Morgan fingerprint density at radius 1 is 1.24 bits per heavy atom. The Morgan fingerprint density at radius 3 is 2.71 bits per heavy atom. The van der Waals surface area contributed by atoms with Gasteiger partial charge in [-0.3, -0.25) is 9.59 Å². The number of carbonyl (C=O) groups is 1. The van der Waals surface area contributed by atoms with Crippen LogP contribution in [0.2, 0.25) is 0 Å². The van der Waals surface area contributed by atoms with E-state index in [2.05, 4.69) is 15.7 Å². The molecule has 0 saturated carbocycles. The predicted molar refractivity (Wildman–Crippen MR) is 81.3 cm³/mol. The zero-order valence-corrected chi connectivity index (χ0v) is 12.1.